The highest BCUT2D eigenvalue weighted by molar-refractivity contribution is 8.00. The second-order valence-corrected chi connectivity index (χ2v) is 7.62. The van der Waals surface area contributed by atoms with Crippen molar-refractivity contribution in [3.05, 3.63) is 64.2 Å². The van der Waals surface area contributed by atoms with E-state index in [1.807, 2.05) is 24.3 Å². The Morgan fingerprint density at radius 1 is 1.12 bits per heavy atom. The van der Waals surface area contributed by atoms with E-state index in [4.69, 9.17) is 0 Å². The summed E-state index contributed by atoms with van der Waals surface area (Å²) < 4.78 is 1.76. The van der Waals surface area contributed by atoms with Gasteiger partial charge in [0, 0.05) is 5.56 Å². The smallest absolute Gasteiger partial charge is 0.214 e. The first kappa shape index (κ1) is 16.0. The normalized spacial score (nSPS) is 16.3. The van der Waals surface area contributed by atoms with Crippen LogP contribution in [0.4, 0.5) is 0 Å². The minimum atomic E-state index is -0.173. The molecule has 0 saturated carbocycles. The van der Waals surface area contributed by atoms with Crippen LogP contribution in [0.1, 0.15) is 32.6 Å². The van der Waals surface area contributed by atoms with Gasteiger partial charge in [-0.05, 0) is 54.3 Å². The van der Waals surface area contributed by atoms with Gasteiger partial charge in [-0.1, -0.05) is 53.7 Å². The van der Waals surface area contributed by atoms with Crippen molar-refractivity contribution in [2.24, 2.45) is 0 Å². The van der Waals surface area contributed by atoms with E-state index in [0.717, 1.165) is 34.4 Å². The molecular weight excluding hydrogens is 332 g/mol. The zero-order valence-corrected chi connectivity index (χ0v) is 15.2. The molecule has 0 saturated heterocycles. The fourth-order valence-corrected chi connectivity index (χ4v) is 4.59. The topological polar surface area (TPSA) is 60.7 Å². The molecule has 1 aromatic heterocycles. The van der Waals surface area contributed by atoms with E-state index in [0.29, 0.717) is 5.16 Å². The third-order valence-corrected chi connectivity index (χ3v) is 5.65. The lowest BCUT2D eigenvalue weighted by molar-refractivity contribution is 0.1000. The second-order valence-electron chi connectivity index (χ2n) is 6.45. The van der Waals surface area contributed by atoms with Crippen LogP contribution in [-0.2, 0) is 6.42 Å². The van der Waals surface area contributed by atoms with E-state index in [2.05, 4.69) is 48.4 Å². The first-order valence-electron chi connectivity index (χ1n) is 8.20. The van der Waals surface area contributed by atoms with Crippen molar-refractivity contribution >= 4 is 17.5 Å². The molecule has 0 aliphatic heterocycles. The van der Waals surface area contributed by atoms with Crippen molar-refractivity contribution in [3.63, 3.8) is 0 Å². The zero-order valence-electron chi connectivity index (χ0n) is 14.4. The number of nitrogens with zero attached hydrogens (tertiary/aromatic N) is 4. The van der Waals surface area contributed by atoms with Gasteiger partial charge in [0.05, 0.1) is 10.9 Å². The van der Waals surface area contributed by atoms with Gasteiger partial charge in [-0.3, -0.25) is 4.79 Å². The SMILES string of the molecule is Cc1cc(C)c(-n2nnnc2S[C@@H]2Cc3ccccc3C2=O)c(C)c1. The van der Waals surface area contributed by atoms with E-state index in [-0.39, 0.29) is 11.0 Å². The molecule has 0 N–H and O–H groups in total. The minimum Gasteiger partial charge on any atom is -0.293 e. The number of Topliss-reactive ketones (excluding diaryl/α,β-unsaturated/α-hetero) is 1. The number of carbonyl (C=O) groups excluding carboxylic acids is 1. The predicted molar refractivity (Wildman–Crippen MR) is 97.5 cm³/mol. The monoisotopic (exact) mass is 350 g/mol. The van der Waals surface area contributed by atoms with Gasteiger partial charge in [0.15, 0.2) is 5.78 Å². The highest BCUT2D eigenvalue weighted by atomic mass is 32.2. The second kappa shape index (κ2) is 6.11. The van der Waals surface area contributed by atoms with Crippen molar-refractivity contribution in [1.29, 1.82) is 0 Å². The maximum absolute atomic E-state index is 12.7. The average Bonchev–Trinajstić information content (AvgIpc) is 3.13. The Kier molecular flexibility index (Phi) is 3.92. The van der Waals surface area contributed by atoms with Gasteiger partial charge >= 0.3 is 0 Å². The largest absolute Gasteiger partial charge is 0.293 e. The van der Waals surface area contributed by atoms with Crippen LogP contribution in [0.2, 0.25) is 0 Å². The zero-order chi connectivity index (χ0) is 17.6. The summed E-state index contributed by atoms with van der Waals surface area (Å²) in [6.45, 7) is 6.19. The molecule has 1 aliphatic rings. The summed E-state index contributed by atoms with van der Waals surface area (Å²) in [4.78, 5) is 12.7. The molecule has 0 bridgehead atoms. The highest BCUT2D eigenvalue weighted by Crippen LogP contribution is 2.34. The molecule has 4 rings (SSSR count). The fourth-order valence-electron chi connectivity index (χ4n) is 3.53. The number of aromatic nitrogens is 4. The number of hydrogen-bond donors (Lipinski definition) is 0. The summed E-state index contributed by atoms with van der Waals surface area (Å²) in [6, 6.07) is 12.0. The molecule has 6 heteroatoms. The van der Waals surface area contributed by atoms with Gasteiger partial charge in [0.2, 0.25) is 5.16 Å². The van der Waals surface area contributed by atoms with E-state index in [1.54, 1.807) is 4.68 Å². The molecule has 1 atom stereocenters. The van der Waals surface area contributed by atoms with Crippen LogP contribution in [0, 0.1) is 20.8 Å². The summed E-state index contributed by atoms with van der Waals surface area (Å²) in [7, 11) is 0. The Morgan fingerprint density at radius 3 is 2.56 bits per heavy atom. The molecular formula is C19H18N4OS. The lowest BCUT2D eigenvalue weighted by atomic mass is 10.1. The molecule has 0 fully saturated rings. The van der Waals surface area contributed by atoms with Crippen molar-refractivity contribution in [2.45, 2.75) is 37.6 Å². The van der Waals surface area contributed by atoms with E-state index in [9.17, 15) is 4.79 Å². The first-order valence-corrected chi connectivity index (χ1v) is 9.08. The molecule has 126 valence electrons. The standard InChI is InChI=1S/C19H18N4OS/c1-11-8-12(2)17(13(3)9-11)23-19(20-21-22-23)25-16-10-14-6-4-5-7-15(14)18(16)24/h4-9,16H,10H2,1-3H3/t16-/m1/s1. The molecule has 3 aromatic rings. The molecule has 5 nitrogen and oxygen atoms in total. The molecule has 2 aromatic carbocycles. The molecule has 0 radical (unpaired) electrons. The molecule has 0 unspecified atom stereocenters. The number of ketones is 1. The number of benzene rings is 2. The van der Waals surface area contributed by atoms with Crippen LogP contribution in [0.5, 0.6) is 0 Å². The van der Waals surface area contributed by atoms with Crippen LogP contribution in [0.15, 0.2) is 41.6 Å². The number of carbonyl (C=O) groups is 1. The maximum atomic E-state index is 12.7. The lowest BCUT2D eigenvalue weighted by Gasteiger charge is -2.13. The van der Waals surface area contributed by atoms with E-state index < -0.39 is 0 Å². The van der Waals surface area contributed by atoms with E-state index in [1.165, 1.54) is 17.3 Å². The maximum Gasteiger partial charge on any atom is 0.214 e. The average molecular weight is 350 g/mol. The quantitative estimate of drug-likeness (QED) is 0.724. The fraction of sp³-hybridized carbons (Fsp3) is 0.263. The molecule has 1 aliphatic carbocycles. The molecule has 0 spiro atoms. The number of rotatable bonds is 3. The predicted octanol–water partition coefficient (Wildman–Crippen LogP) is 3.49. The highest BCUT2D eigenvalue weighted by Gasteiger charge is 2.32. The van der Waals surface area contributed by atoms with Crippen molar-refractivity contribution in [1.82, 2.24) is 20.2 Å². The summed E-state index contributed by atoms with van der Waals surface area (Å²) in [5, 5.41) is 12.7. The number of aryl methyl sites for hydroxylation is 3. The summed E-state index contributed by atoms with van der Waals surface area (Å²) in [5.41, 5.74) is 6.36. The summed E-state index contributed by atoms with van der Waals surface area (Å²) in [5.74, 6) is 0.160. The van der Waals surface area contributed by atoms with Gasteiger partial charge in [-0.2, -0.15) is 4.68 Å². The van der Waals surface area contributed by atoms with Crippen molar-refractivity contribution in [2.75, 3.05) is 0 Å². The Morgan fingerprint density at radius 2 is 1.84 bits per heavy atom. The number of fused-ring (bicyclic) bond motifs is 1. The van der Waals surface area contributed by atoms with Crippen LogP contribution in [0.25, 0.3) is 5.69 Å². The van der Waals surface area contributed by atoms with Crippen LogP contribution in [-0.4, -0.2) is 31.2 Å². The Labute approximate surface area is 150 Å². The Balaban J connectivity index is 1.67. The Hall–Kier alpha value is -2.47. The minimum absolute atomic E-state index is 0.160. The summed E-state index contributed by atoms with van der Waals surface area (Å²) >= 11 is 1.44. The third kappa shape index (κ3) is 2.76. The van der Waals surface area contributed by atoms with Crippen LogP contribution in [0.3, 0.4) is 0 Å². The third-order valence-electron chi connectivity index (χ3n) is 4.52. The van der Waals surface area contributed by atoms with Crippen LogP contribution >= 0.6 is 11.8 Å². The summed E-state index contributed by atoms with van der Waals surface area (Å²) in [6.07, 6.45) is 0.721. The van der Waals surface area contributed by atoms with E-state index >= 15 is 0 Å². The van der Waals surface area contributed by atoms with Gasteiger partial charge in [0.1, 0.15) is 0 Å². The van der Waals surface area contributed by atoms with Crippen molar-refractivity contribution in [3.8, 4) is 5.69 Å². The van der Waals surface area contributed by atoms with Gasteiger partial charge in [-0.25, -0.2) is 0 Å². The molecule has 0 amide bonds. The lowest BCUT2D eigenvalue weighted by Crippen LogP contribution is -2.13. The van der Waals surface area contributed by atoms with Crippen molar-refractivity contribution < 1.29 is 4.79 Å². The molecule has 25 heavy (non-hydrogen) atoms. The molecule has 1 heterocycles. The van der Waals surface area contributed by atoms with Gasteiger partial charge in [0.25, 0.3) is 0 Å². The number of hydrogen-bond acceptors (Lipinski definition) is 5. The van der Waals surface area contributed by atoms with Gasteiger partial charge in [-0.15, -0.1) is 5.10 Å². The first-order chi connectivity index (χ1) is 12.0. The van der Waals surface area contributed by atoms with Gasteiger partial charge < -0.3 is 0 Å². The number of tetrazole rings is 1. The number of thioether (sulfide) groups is 1. The van der Waals surface area contributed by atoms with Crippen LogP contribution < -0.4 is 0 Å². The Bertz CT molecular complexity index is 956.